The van der Waals surface area contributed by atoms with Crippen LogP contribution in [0.5, 0.6) is 5.75 Å². The van der Waals surface area contributed by atoms with Crippen molar-refractivity contribution in [2.24, 2.45) is 4.99 Å². The number of nitrogens with zero attached hydrogens (tertiary/aromatic N) is 1. The van der Waals surface area contributed by atoms with Crippen LogP contribution in [0, 0.1) is 5.82 Å². The van der Waals surface area contributed by atoms with Crippen molar-refractivity contribution in [1.29, 1.82) is 0 Å². The van der Waals surface area contributed by atoms with Gasteiger partial charge in [-0.1, -0.05) is 6.07 Å². The number of benzene rings is 1. The highest BCUT2D eigenvalue weighted by molar-refractivity contribution is 14.0. The fourth-order valence-corrected chi connectivity index (χ4v) is 1.84. The summed E-state index contributed by atoms with van der Waals surface area (Å²) in [5.74, 6) is 0.951. The third-order valence-corrected chi connectivity index (χ3v) is 2.95. The number of methoxy groups -OCH3 is 1. The quantitative estimate of drug-likeness (QED) is 0.213. The Kier molecular flexibility index (Phi) is 15.6. The van der Waals surface area contributed by atoms with Crippen LogP contribution in [0.15, 0.2) is 29.3 Å². The van der Waals surface area contributed by atoms with Crippen LogP contribution in [0.1, 0.15) is 13.3 Å². The smallest absolute Gasteiger partial charge is 0.191 e. The van der Waals surface area contributed by atoms with Crippen molar-refractivity contribution < 1.29 is 18.6 Å². The van der Waals surface area contributed by atoms with Crippen molar-refractivity contribution in [1.82, 2.24) is 10.6 Å². The van der Waals surface area contributed by atoms with E-state index in [-0.39, 0.29) is 29.8 Å². The Bertz CT molecular complexity index is 478. The van der Waals surface area contributed by atoms with Crippen molar-refractivity contribution in [2.75, 3.05) is 53.2 Å². The number of rotatable bonds is 12. The van der Waals surface area contributed by atoms with Crippen LogP contribution in [0.4, 0.5) is 4.39 Å². The van der Waals surface area contributed by atoms with Crippen LogP contribution in [0.25, 0.3) is 0 Å². The maximum atomic E-state index is 13.0. The highest BCUT2D eigenvalue weighted by Gasteiger charge is 1.99. The first-order chi connectivity index (χ1) is 11.8. The van der Waals surface area contributed by atoms with Gasteiger partial charge >= 0.3 is 0 Å². The van der Waals surface area contributed by atoms with Gasteiger partial charge < -0.3 is 24.8 Å². The molecule has 25 heavy (non-hydrogen) atoms. The van der Waals surface area contributed by atoms with Gasteiger partial charge in [0.15, 0.2) is 5.96 Å². The number of hydrogen-bond acceptors (Lipinski definition) is 4. The van der Waals surface area contributed by atoms with E-state index in [0.29, 0.717) is 45.3 Å². The van der Waals surface area contributed by atoms with E-state index in [1.807, 2.05) is 6.92 Å². The highest BCUT2D eigenvalue weighted by Crippen LogP contribution is 2.11. The second kappa shape index (κ2) is 16.3. The maximum absolute atomic E-state index is 13.0. The first-order valence-electron chi connectivity index (χ1n) is 8.23. The molecule has 0 bridgehead atoms. The van der Waals surface area contributed by atoms with Crippen LogP contribution in [-0.4, -0.2) is 59.1 Å². The average Bonchev–Trinajstić information content (AvgIpc) is 2.58. The number of hydrogen-bond donors (Lipinski definition) is 2. The van der Waals surface area contributed by atoms with E-state index >= 15 is 0 Å². The Hall–Kier alpha value is -1.13. The molecule has 0 atom stereocenters. The lowest BCUT2D eigenvalue weighted by Crippen LogP contribution is -2.39. The van der Waals surface area contributed by atoms with Gasteiger partial charge in [-0.25, -0.2) is 4.39 Å². The Morgan fingerprint density at radius 1 is 1.16 bits per heavy atom. The molecule has 0 saturated heterocycles. The van der Waals surface area contributed by atoms with Crippen LogP contribution >= 0.6 is 24.0 Å². The molecular formula is C17H29FIN3O3. The van der Waals surface area contributed by atoms with Crippen molar-refractivity contribution in [3.63, 3.8) is 0 Å². The Labute approximate surface area is 166 Å². The monoisotopic (exact) mass is 469 g/mol. The number of guanidine groups is 1. The lowest BCUT2D eigenvalue weighted by atomic mass is 10.3. The normalized spacial score (nSPS) is 10.9. The van der Waals surface area contributed by atoms with Gasteiger partial charge in [0, 0.05) is 32.9 Å². The first-order valence-corrected chi connectivity index (χ1v) is 8.23. The molecule has 1 rings (SSSR count). The average molecular weight is 469 g/mol. The minimum absolute atomic E-state index is 0. The zero-order valence-corrected chi connectivity index (χ0v) is 17.3. The van der Waals surface area contributed by atoms with Gasteiger partial charge in [0.2, 0.25) is 0 Å². The van der Waals surface area contributed by atoms with Gasteiger partial charge in [0.1, 0.15) is 18.2 Å². The highest BCUT2D eigenvalue weighted by atomic mass is 127. The van der Waals surface area contributed by atoms with Gasteiger partial charge in [-0.05, 0) is 25.5 Å². The van der Waals surface area contributed by atoms with Gasteiger partial charge in [-0.15, -0.1) is 24.0 Å². The minimum Gasteiger partial charge on any atom is -0.492 e. The topological polar surface area (TPSA) is 64.1 Å². The molecule has 0 aliphatic rings. The largest absolute Gasteiger partial charge is 0.492 e. The first kappa shape index (κ1) is 23.9. The summed E-state index contributed by atoms with van der Waals surface area (Å²) in [5.41, 5.74) is 0. The molecule has 0 aliphatic carbocycles. The van der Waals surface area contributed by atoms with Crippen LogP contribution in [-0.2, 0) is 9.47 Å². The summed E-state index contributed by atoms with van der Waals surface area (Å²) in [6.07, 6.45) is 0.847. The number of ether oxygens (including phenoxy) is 3. The predicted octanol–water partition coefficient (Wildman–Crippen LogP) is 2.43. The molecule has 0 heterocycles. The second-order valence-corrected chi connectivity index (χ2v) is 4.95. The lowest BCUT2D eigenvalue weighted by Gasteiger charge is -2.12. The molecule has 0 aliphatic heterocycles. The van der Waals surface area contributed by atoms with Crippen molar-refractivity contribution in [3.05, 3.63) is 30.1 Å². The molecule has 0 radical (unpaired) electrons. The number of nitrogens with one attached hydrogen (secondary N) is 2. The molecule has 6 nitrogen and oxygen atoms in total. The molecule has 144 valence electrons. The molecule has 2 N–H and O–H groups in total. The molecule has 0 saturated carbocycles. The third-order valence-electron chi connectivity index (χ3n) is 2.95. The van der Waals surface area contributed by atoms with E-state index < -0.39 is 0 Å². The zero-order chi connectivity index (χ0) is 17.5. The Morgan fingerprint density at radius 3 is 2.72 bits per heavy atom. The standard InChI is InChI=1S/C17H28FN3O3.HI/c1-3-19-17(20-8-5-10-23-13-12-22-2)21-9-11-24-16-7-4-6-15(18)14-16;/h4,6-7,14H,3,5,8-13H2,1-2H3,(H2,19,20,21);1H. The maximum Gasteiger partial charge on any atom is 0.191 e. The molecule has 0 unspecified atom stereocenters. The summed E-state index contributed by atoms with van der Waals surface area (Å²) in [6.45, 7) is 6.34. The number of halogens is 2. The van der Waals surface area contributed by atoms with E-state index in [2.05, 4.69) is 15.6 Å². The molecule has 1 aromatic carbocycles. The van der Waals surface area contributed by atoms with E-state index in [4.69, 9.17) is 14.2 Å². The third kappa shape index (κ3) is 12.8. The molecular weight excluding hydrogens is 440 g/mol. The second-order valence-electron chi connectivity index (χ2n) is 4.95. The van der Waals surface area contributed by atoms with E-state index in [0.717, 1.165) is 18.9 Å². The molecule has 0 aromatic heterocycles. The van der Waals surface area contributed by atoms with Crippen LogP contribution in [0.3, 0.4) is 0 Å². The summed E-state index contributed by atoms with van der Waals surface area (Å²) in [4.78, 5) is 4.46. The minimum atomic E-state index is -0.303. The predicted molar refractivity (Wildman–Crippen MR) is 109 cm³/mol. The van der Waals surface area contributed by atoms with Crippen molar-refractivity contribution in [3.8, 4) is 5.75 Å². The summed E-state index contributed by atoms with van der Waals surface area (Å²) < 4.78 is 28.8. The molecule has 0 spiro atoms. The summed E-state index contributed by atoms with van der Waals surface area (Å²) in [6, 6.07) is 6.10. The molecule has 8 heteroatoms. The van der Waals surface area contributed by atoms with Gasteiger partial charge in [-0.3, -0.25) is 4.99 Å². The molecule has 0 fully saturated rings. The number of aliphatic imine (C=N–C) groups is 1. The summed E-state index contributed by atoms with van der Waals surface area (Å²) >= 11 is 0. The fraction of sp³-hybridized carbons (Fsp3) is 0.588. The van der Waals surface area contributed by atoms with Crippen LogP contribution < -0.4 is 15.4 Å². The SMILES string of the molecule is CCNC(=NCCCOCCOC)NCCOc1cccc(F)c1.I. The van der Waals surface area contributed by atoms with Gasteiger partial charge in [0.05, 0.1) is 19.8 Å². The van der Waals surface area contributed by atoms with E-state index in [1.54, 1.807) is 19.2 Å². The van der Waals surface area contributed by atoms with Gasteiger partial charge in [-0.2, -0.15) is 0 Å². The van der Waals surface area contributed by atoms with E-state index in [1.165, 1.54) is 12.1 Å². The summed E-state index contributed by atoms with van der Waals surface area (Å²) in [5, 5.41) is 6.34. The zero-order valence-electron chi connectivity index (χ0n) is 14.9. The summed E-state index contributed by atoms with van der Waals surface area (Å²) in [7, 11) is 1.65. The van der Waals surface area contributed by atoms with Crippen LogP contribution in [0.2, 0.25) is 0 Å². The molecule has 1 aromatic rings. The lowest BCUT2D eigenvalue weighted by molar-refractivity contribution is 0.0702. The van der Waals surface area contributed by atoms with Gasteiger partial charge in [0.25, 0.3) is 0 Å². The Balaban J connectivity index is 0.00000576. The fourth-order valence-electron chi connectivity index (χ4n) is 1.84. The molecule has 0 amide bonds. The Morgan fingerprint density at radius 2 is 2.00 bits per heavy atom. The van der Waals surface area contributed by atoms with E-state index in [9.17, 15) is 4.39 Å². The van der Waals surface area contributed by atoms with Crippen molar-refractivity contribution >= 4 is 29.9 Å². The van der Waals surface area contributed by atoms with Crippen molar-refractivity contribution in [2.45, 2.75) is 13.3 Å².